The highest BCUT2D eigenvalue weighted by Crippen LogP contribution is 2.44. The lowest BCUT2D eigenvalue weighted by atomic mass is 9.85. The summed E-state index contributed by atoms with van der Waals surface area (Å²) in [7, 11) is 1.52. The Kier molecular flexibility index (Phi) is 6.32. The van der Waals surface area contributed by atoms with E-state index in [1.165, 1.54) is 12.0 Å². The molecule has 0 aliphatic carbocycles. The van der Waals surface area contributed by atoms with Crippen molar-refractivity contribution >= 4 is 39.9 Å². The van der Waals surface area contributed by atoms with Crippen LogP contribution in [0.1, 0.15) is 54.1 Å². The number of para-hydroxylation sites is 1. The molecule has 0 saturated carbocycles. The van der Waals surface area contributed by atoms with Crippen LogP contribution < -0.4 is 9.64 Å². The van der Waals surface area contributed by atoms with Crippen molar-refractivity contribution in [3.63, 3.8) is 0 Å². The van der Waals surface area contributed by atoms with Crippen LogP contribution in [0.5, 0.6) is 5.75 Å². The van der Waals surface area contributed by atoms with Gasteiger partial charge in [0.05, 0.1) is 18.7 Å². The van der Waals surface area contributed by atoms with E-state index in [-0.39, 0.29) is 16.7 Å². The van der Waals surface area contributed by atoms with Crippen molar-refractivity contribution in [3.8, 4) is 5.75 Å². The summed E-state index contributed by atoms with van der Waals surface area (Å²) in [5.74, 6) is -1.40. The molecule has 1 amide bonds. The van der Waals surface area contributed by atoms with E-state index in [1.807, 2.05) is 31.2 Å². The number of hydrogen-bond donors (Lipinski definition) is 1. The topological polar surface area (TPSA) is 80.0 Å². The fraction of sp³-hybridized carbons (Fsp3) is 0.226. The number of halogens is 1. The number of ether oxygens (including phenoxy) is 1. The number of aliphatic hydroxyl groups excluding tert-OH is 1. The zero-order valence-corrected chi connectivity index (χ0v) is 22.6. The molecule has 1 N–H and O–H groups in total. The number of fused-ring (bicyclic) bond motifs is 1. The minimum atomic E-state index is -0.892. The minimum Gasteiger partial charge on any atom is -0.503 e. The van der Waals surface area contributed by atoms with Gasteiger partial charge in [-0.15, -0.1) is 0 Å². The monoisotopic (exact) mass is 529 g/mol. The van der Waals surface area contributed by atoms with E-state index in [0.29, 0.717) is 33.0 Å². The third-order valence-electron chi connectivity index (χ3n) is 6.93. The van der Waals surface area contributed by atoms with Gasteiger partial charge in [-0.3, -0.25) is 14.5 Å². The van der Waals surface area contributed by atoms with Crippen molar-refractivity contribution in [2.24, 2.45) is 0 Å². The molecule has 1 aliphatic heterocycles. The molecule has 0 saturated heterocycles. The number of amides is 1. The first-order chi connectivity index (χ1) is 18.0. The van der Waals surface area contributed by atoms with Gasteiger partial charge >= 0.3 is 0 Å². The van der Waals surface area contributed by atoms with Crippen LogP contribution in [0, 0.1) is 6.92 Å². The first-order valence-electron chi connectivity index (χ1n) is 12.3. The van der Waals surface area contributed by atoms with Crippen molar-refractivity contribution in [2.75, 3.05) is 12.0 Å². The van der Waals surface area contributed by atoms with E-state index in [1.54, 1.807) is 42.5 Å². The van der Waals surface area contributed by atoms with Crippen molar-refractivity contribution in [1.82, 2.24) is 0 Å². The number of ketones is 1. The highest BCUT2D eigenvalue weighted by atomic mass is 35.5. The van der Waals surface area contributed by atoms with Gasteiger partial charge < -0.3 is 14.3 Å². The van der Waals surface area contributed by atoms with Crippen LogP contribution in [0.3, 0.4) is 0 Å². The molecule has 0 fully saturated rings. The van der Waals surface area contributed by atoms with Gasteiger partial charge in [-0.2, -0.15) is 0 Å². The molecule has 0 bridgehead atoms. The highest BCUT2D eigenvalue weighted by molar-refractivity contribution is 6.31. The van der Waals surface area contributed by atoms with E-state index in [2.05, 4.69) is 20.8 Å². The fourth-order valence-electron chi connectivity index (χ4n) is 4.85. The number of aliphatic hydroxyl groups is 1. The second kappa shape index (κ2) is 9.37. The maximum absolute atomic E-state index is 14.0. The molecular weight excluding hydrogens is 502 g/mol. The Morgan fingerprint density at radius 2 is 1.76 bits per heavy atom. The van der Waals surface area contributed by atoms with Gasteiger partial charge in [0.25, 0.3) is 5.91 Å². The number of anilines is 1. The largest absolute Gasteiger partial charge is 0.503 e. The Labute approximate surface area is 226 Å². The van der Waals surface area contributed by atoms with E-state index in [0.717, 1.165) is 11.1 Å². The molecule has 1 aliphatic rings. The average Bonchev–Trinajstić information content (AvgIpc) is 3.44. The summed E-state index contributed by atoms with van der Waals surface area (Å²) in [5.41, 5.74) is 3.32. The van der Waals surface area contributed by atoms with Gasteiger partial charge in [0.2, 0.25) is 5.78 Å². The Morgan fingerprint density at radius 3 is 2.42 bits per heavy atom. The lowest BCUT2D eigenvalue weighted by Crippen LogP contribution is -2.31. The van der Waals surface area contributed by atoms with Gasteiger partial charge in [0, 0.05) is 16.1 Å². The van der Waals surface area contributed by atoms with Crippen LogP contribution >= 0.6 is 11.6 Å². The van der Waals surface area contributed by atoms with Crippen LogP contribution in [0.2, 0.25) is 5.02 Å². The molecular formula is C31H28ClNO5. The maximum atomic E-state index is 14.0. The summed E-state index contributed by atoms with van der Waals surface area (Å²) in [6, 6.07) is 19.0. The highest BCUT2D eigenvalue weighted by Gasteiger charge is 2.46. The molecule has 0 spiro atoms. The summed E-state index contributed by atoms with van der Waals surface area (Å²) in [6.07, 6.45) is 0. The molecule has 194 valence electrons. The van der Waals surface area contributed by atoms with Gasteiger partial charge in [-0.05, 0) is 53.3 Å². The molecule has 7 heteroatoms. The SMILES string of the molecule is COc1cccc2cc(C(=O)C3=C(O)C(=O)N(c4cc(Cl)ccc4C)C3c3ccc(C(C)(C)C)cc3)oc12. The lowest BCUT2D eigenvalue weighted by molar-refractivity contribution is -0.117. The van der Waals surface area contributed by atoms with Gasteiger partial charge in [-0.25, -0.2) is 0 Å². The van der Waals surface area contributed by atoms with Crippen molar-refractivity contribution in [2.45, 2.75) is 39.2 Å². The predicted octanol–water partition coefficient (Wildman–Crippen LogP) is 7.48. The molecule has 5 rings (SSSR count). The second-order valence-corrected chi connectivity index (χ2v) is 10.9. The molecule has 38 heavy (non-hydrogen) atoms. The van der Waals surface area contributed by atoms with E-state index in [4.69, 9.17) is 20.8 Å². The number of Topliss-reactive ketones (excluding diaryl/α,β-unsaturated/α-hetero) is 1. The molecule has 3 aromatic carbocycles. The number of benzene rings is 3. The number of methoxy groups -OCH3 is 1. The van der Waals surface area contributed by atoms with Crippen molar-refractivity contribution in [3.05, 3.63) is 106 Å². The zero-order valence-electron chi connectivity index (χ0n) is 21.8. The molecule has 2 heterocycles. The number of nitrogens with zero attached hydrogens (tertiary/aromatic N) is 1. The summed E-state index contributed by atoms with van der Waals surface area (Å²) >= 11 is 6.30. The third kappa shape index (κ3) is 4.25. The normalized spacial score (nSPS) is 16.0. The van der Waals surface area contributed by atoms with Crippen LogP contribution in [0.4, 0.5) is 5.69 Å². The van der Waals surface area contributed by atoms with Gasteiger partial charge in [0.15, 0.2) is 22.9 Å². The summed E-state index contributed by atoms with van der Waals surface area (Å²) < 4.78 is 11.3. The first-order valence-corrected chi connectivity index (χ1v) is 12.6. The number of carbonyl (C=O) groups is 2. The van der Waals surface area contributed by atoms with Crippen LogP contribution in [-0.2, 0) is 10.2 Å². The average molecular weight is 530 g/mol. The quantitative estimate of drug-likeness (QED) is 0.271. The zero-order chi connectivity index (χ0) is 27.4. The Morgan fingerprint density at radius 1 is 1.05 bits per heavy atom. The lowest BCUT2D eigenvalue weighted by Gasteiger charge is -2.29. The summed E-state index contributed by atoms with van der Waals surface area (Å²) in [5, 5.41) is 12.2. The standard InChI is InChI=1S/C31H28ClNO5/c1-17-9-14-21(32)16-22(17)33-26(18-10-12-20(13-11-18)31(2,3)4)25(28(35)30(33)36)27(34)24-15-19-7-6-8-23(37-5)29(19)38-24/h6-16,26,35H,1-5H3. The van der Waals surface area contributed by atoms with E-state index in [9.17, 15) is 14.7 Å². The third-order valence-corrected chi connectivity index (χ3v) is 7.16. The maximum Gasteiger partial charge on any atom is 0.294 e. The molecule has 1 unspecified atom stereocenters. The van der Waals surface area contributed by atoms with Crippen molar-refractivity contribution < 1.29 is 23.8 Å². The number of furan rings is 1. The van der Waals surface area contributed by atoms with E-state index < -0.39 is 23.5 Å². The number of carbonyl (C=O) groups excluding carboxylic acids is 2. The minimum absolute atomic E-state index is 0.000160. The predicted molar refractivity (Wildman–Crippen MR) is 148 cm³/mol. The second-order valence-electron chi connectivity index (χ2n) is 10.5. The van der Waals surface area contributed by atoms with E-state index >= 15 is 0 Å². The molecule has 1 aromatic heterocycles. The molecule has 4 aromatic rings. The van der Waals surface area contributed by atoms with Crippen LogP contribution in [0.25, 0.3) is 11.0 Å². The Balaban J connectivity index is 1.68. The molecule has 6 nitrogen and oxygen atoms in total. The van der Waals surface area contributed by atoms with Crippen molar-refractivity contribution in [1.29, 1.82) is 0 Å². The van der Waals surface area contributed by atoms with Gasteiger partial charge in [0.1, 0.15) is 0 Å². The van der Waals surface area contributed by atoms with Crippen LogP contribution in [0.15, 0.2) is 82.5 Å². The smallest absolute Gasteiger partial charge is 0.294 e. The van der Waals surface area contributed by atoms with Crippen LogP contribution in [-0.4, -0.2) is 23.9 Å². The Bertz CT molecular complexity index is 1610. The fourth-order valence-corrected chi connectivity index (χ4v) is 5.02. The Hall–Kier alpha value is -4.03. The number of aryl methyl sites for hydroxylation is 1. The summed E-state index contributed by atoms with van der Waals surface area (Å²) in [4.78, 5) is 29.0. The molecule has 0 radical (unpaired) electrons. The summed E-state index contributed by atoms with van der Waals surface area (Å²) in [6.45, 7) is 8.18. The van der Waals surface area contributed by atoms with Gasteiger partial charge in [-0.1, -0.05) is 74.8 Å². The molecule has 1 atom stereocenters. The number of rotatable bonds is 5. The number of hydrogen-bond acceptors (Lipinski definition) is 5. The first kappa shape index (κ1) is 25.6.